The lowest BCUT2D eigenvalue weighted by atomic mass is 10.2. The molecule has 0 N–H and O–H groups in total. The number of halogens is 2. The zero-order chi connectivity index (χ0) is 13.7. The minimum Gasteiger partial charge on any atom is -0.493 e. The molecule has 0 spiro atoms. The van der Waals surface area contributed by atoms with E-state index in [-0.39, 0.29) is 0 Å². The molecule has 2 aromatic rings. The molecule has 4 heteroatoms. The van der Waals surface area contributed by atoms with Gasteiger partial charge in [0, 0.05) is 10.4 Å². The molecule has 2 aromatic carbocycles. The third-order valence-corrected chi connectivity index (χ3v) is 3.55. The number of hydrogen-bond acceptors (Lipinski definition) is 2. The van der Waals surface area contributed by atoms with Crippen LogP contribution in [0.5, 0.6) is 11.5 Å². The van der Waals surface area contributed by atoms with Crippen molar-refractivity contribution in [3.05, 3.63) is 58.6 Å². The molecule has 0 atom stereocenters. The van der Waals surface area contributed by atoms with Crippen LogP contribution in [0, 0.1) is 0 Å². The molecule has 0 bridgehead atoms. The summed E-state index contributed by atoms with van der Waals surface area (Å²) in [5.74, 6) is 1.46. The van der Waals surface area contributed by atoms with E-state index in [1.807, 2.05) is 42.5 Å². The van der Waals surface area contributed by atoms with E-state index in [1.165, 1.54) is 0 Å². The molecule has 0 fully saturated rings. The van der Waals surface area contributed by atoms with Crippen molar-refractivity contribution in [1.29, 1.82) is 0 Å². The van der Waals surface area contributed by atoms with E-state index < -0.39 is 0 Å². The van der Waals surface area contributed by atoms with Gasteiger partial charge in [0.05, 0.1) is 7.11 Å². The molecule has 2 nitrogen and oxygen atoms in total. The molecule has 0 saturated heterocycles. The number of rotatable bonds is 5. The summed E-state index contributed by atoms with van der Waals surface area (Å²) in [6.07, 6.45) is 0. The smallest absolute Gasteiger partial charge is 0.161 e. The van der Waals surface area contributed by atoms with Gasteiger partial charge < -0.3 is 9.47 Å². The summed E-state index contributed by atoms with van der Waals surface area (Å²) in [4.78, 5) is 0. The normalized spacial score (nSPS) is 10.3. The zero-order valence-electron chi connectivity index (χ0n) is 10.5. The number of benzene rings is 2. The van der Waals surface area contributed by atoms with Crippen molar-refractivity contribution < 1.29 is 9.47 Å². The van der Waals surface area contributed by atoms with Crippen molar-refractivity contribution in [2.75, 3.05) is 7.11 Å². The molecule has 0 aliphatic carbocycles. The summed E-state index contributed by atoms with van der Waals surface area (Å²) in [6, 6.07) is 13.5. The molecule has 0 aliphatic rings. The second-order valence-corrected chi connectivity index (χ2v) is 5.03. The lowest BCUT2D eigenvalue weighted by molar-refractivity contribution is 0.284. The summed E-state index contributed by atoms with van der Waals surface area (Å²) >= 11 is 9.36. The minimum absolute atomic E-state index is 0.463. The highest BCUT2D eigenvalue weighted by Crippen LogP contribution is 2.29. The van der Waals surface area contributed by atoms with Gasteiger partial charge in [-0.15, -0.1) is 0 Å². The van der Waals surface area contributed by atoms with Crippen LogP contribution in [0.1, 0.15) is 11.1 Å². The Hall–Kier alpha value is -1.19. The minimum atomic E-state index is 0.463. The van der Waals surface area contributed by atoms with Crippen LogP contribution in [0.4, 0.5) is 0 Å². The van der Waals surface area contributed by atoms with Gasteiger partial charge in [-0.05, 0) is 35.4 Å². The largest absolute Gasteiger partial charge is 0.493 e. The Morgan fingerprint density at radius 3 is 2.58 bits per heavy atom. The maximum absolute atomic E-state index is 5.94. The Morgan fingerprint density at radius 1 is 1.05 bits per heavy atom. The molecular weight excluding hydrogens is 328 g/mol. The van der Waals surface area contributed by atoms with Crippen LogP contribution in [-0.4, -0.2) is 7.11 Å². The zero-order valence-corrected chi connectivity index (χ0v) is 12.9. The first-order valence-corrected chi connectivity index (χ1v) is 7.33. The Bertz CT molecular complexity index is 558. The summed E-state index contributed by atoms with van der Waals surface area (Å²) in [7, 11) is 1.64. The molecule has 100 valence electrons. The maximum Gasteiger partial charge on any atom is 0.161 e. The third kappa shape index (κ3) is 3.88. The average molecular weight is 342 g/mol. The molecule has 0 unspecified atom stereocenters. The van der Waals surface area contributed by atoms with E-state index in [0.717, 1.165) is 28.0 Å². The maximum atomic E-state index is 5.94. The highest BCUT2D eigenvalue weighted by atomic mass is 79.9. The van der Waals surface area contributed by atoms with Gasteiger partial charge in [-0.2, -0.15) is 0 Å². The van der Waals surface area contributed by atoms with Crippen molar-refractivity contribution in [2.45, 2.75) is 11.9 Å². The average Bonchev–Trinajstić information content (AvgIpc) is 2.45. The third-order valence-electron chi connectivity index (χ3n) is 2.67. The predicted octanol–water partition coefficient (Wildman–Crippen LogP) is 4.82. The van der Waals surface area contributed by atoms with E-state index in [4.69, 9.17) is 21.1 Å². The Kier molecular flexibility index (Phi) is 5.11. The standard InChI is InChI=1S/C15H14BrClO2/c1-18-15-8-11(9-16)5-6-14(15)19-10-12-3-2-4-13(17)7-12/h2-8H,9-10H2,1H3. The number of hydrogen-bond donors (Lipinski definition) is 0. The van der Waals surface area contributed by atoms with Crippen LogP contribution in [0.3, 0.4) is 0 Å². The van der Waals surface area contributed by atoms with Gasteiger partial charge in [-0.3, -0.25) is 0 Å². The number of alkyl halides is 1. The van der Waals surface area contributed by atoms with Gasteiger partial charge in [-0.1, -0.05) is 45.7 Å². The Labute approximate surface area is 126 Å². The molecule has 0 radical (unpaired) electrons. The van der Waals surface area contributed by atoms with Crippen LogP contribution in [0.2, 0.25) is 5.02 Å². The highest BCUT2D eigenvalue weighted by molar-refractivity contribution is 9.08. The summed E-state index contributed by atoms with van der Waals surface area (Å²) in [5, 5.41) is 1.50. The topological polar surface area (TPSA) is 18.5 Å². The Morgan fingerprint density at radius 2 is 1.89 bits per heavy atom. The lowest BCUT2D eigenvalue weighted by Gasteiger charge is -2.11. The fraction of sp³-hybridized carbons (Fsp3) is 0.200. The lowest BCUT2D eigenvalue weighted by Crippen LogP contribution is -1.98. The monoisotopic (exact) mass is 340 g/mol. The molecule has 0 aromatic heterocycles. The van der Waals surface area contributed by atoms with E-state index in [9.17, 15) is 0 Å². The van der Waals surface area contributed by atoms with Crippen molar-refractivity contribution in [3.63, 3.8) is 0 Å². The molecular formula is C15H14BrClO2. The van der Waals surface area contributed by atoms with Crippen LogP contribution in [0.15, 0.2) is 42.5 Å². The number of methoxy groups -OCH3 is 1. The summed E-state index contributed by atoms with van der Waals surface area (Å²) < 4.78 is 11.1. The van der Waals surface area contributed by atoms with Gasteiger partial charge >= 0.3 is 0 Å². The van der Waals surface area contributed by atoms with E-state index in [1.54, 1.807) is 7.11 Å². The second kappa shape index (κ2) is 6.83. The SMILES string of the molecule is COc1cc(CBr)ccc1OCc1cccc(Cl)c1. The van der Waals surface area contributed by atoms with E-state index in [0.29, 0.717) is 11.6 Å². The van der Waals surface area contributed by atoms with Gasteiger partial charge in [-0.25, -0.2) is 0 Å². The molecule has 0 amide bonds. The molecule has 2 rings (SSSR count). The highest BCUT2D eigenvalue weighted by Gasteiger charge is 2.06. The molecule has 0 heterocycles. The predicted molar refractivity (Wildman–Crippen MR) is 81.4 cm³/mol. The summed E-state index contributed by atoms with van der Waals surface area (Å²) in [5.41, 5.74) is 2.17. The first kappa shape index (κ1) is 14.2. The van der Waals surface area contributed by atoms with Gasteiger partial charge in [0.2, 0.25) is 0 Å². The molecule has 0 saturated carbocycles. The van der Waals surface area contributed by atoms with Gasteiger partial charge in [0.25, 0.3) is 0 Å². The van der Waals surface area contributed by atoms with E-state index in [2.05, 4.69) is 15.9 Å². The van der Waals surface area contributed by atoms with E-state index >= 15 is 0 Å². The Balaban J connectivity index is 2.11. The summed E-state index contributed by atoms with van der Waals surface area (Å²) in [6.45, 7) is 0.463. The fourth-order valence-electron chi connectivity index (χ4n) is 1.70. The number of ether oxygens (including phenoxy) is 2. The molecule has 0 aliphatic heterocycles. The van der Waals surface area contributed by atoms with Crippen molar-refractivity contribution >= 4 is 27.5 Å². The first-order chi connectivity index (χ1) is 9.22. The van der Waals surface area contributed by atoms with Crippen LogP contribution >= 0.6 is 27.5 Å². The fourth-order valence-corrected chi connectivity index (χ4v) is 2.26. The quantitative estimate of drug-likeness (QED) is 0.726. The van der Waals surface area contributed by atoms with Crippen LogP contribution in [-0.2, 0) is 11.9 Å². The van der Waals surface area contributed by atoms with Crippen molar-refractivity contribution in [1.82, 2.24) is 0 Å². The first-order valence-electron chi connectivity index (χ1n) is 5.83. The van der Waals surface area contributed by atoms with Gasteiger partial charge in [0.15, 0.2) is 11.5 Å². The van der Waals surface area contributed by atoms with Crippen LogP contribution < -0.4 is 9.47 Å². The van der Waals surface area contributed by atoms with Crippen LogP contribution in [0.25, 0.3) is 0 Å². The van der Waals surface area contributed by atoms with Crippen molar-refractivity contribution in [2.24, 2.45) is 0 Å². The van der Waals surface area contributed by atoms with Gasteiger partial charge in [0.1, 0.15) is 6.61 Å². The second-order valence-electron chi connectivity index (χ2n) is 4.04. The molecule has 19 heavy (non-hydrogen) atoms. The van der Waals surface area contributed by atoms with Crippen molar-refractivity contribution in [3.8, 4) is 11.5 Å².